The summed E-state index contributed by atoms with van der Waals surface area (Å²) in [6, 6.07) is 12.4. The summed E-state index contributed by atoms with van der Waals surface area (Å²) in [6.07, 6.45) is 0.111. The molecule has 1 aliphatic heterocycles. The number of hydrogen-bond donors (Lipinski definition) is 3. The molecule has 4 N–H and O–H groups in total. The Balaban J connectivity index is 1.31. The smallest absolute Gasteiger partial charge is 0.259 e. The molecule has 9 heteroatoms. The number of aromatic nitrogens is 1. The van der Waals surface area contributed by atoms with Crippen LogP contribution in [0.2, 0.25) is 0 Å². The van der Waals surface area contributed by atoms with Gasteiger partial charge in [-0.25, -0.2) is 4.98 Å². The van der Waals surface area contributed by atoms with Crippen LogP contribution in [0.3, 0.4) is 0 Å². The molecule has 2 aliphatic rings. The number of nitrogens with zero attached hydrogens (tertiary/aromatic N) is 2. The lowest BCUT2D eigenvalue weighted by atomic mass is 9.90. The van der Waals surface area contributed by atoms with Crippen molar-refractivity contribution in [2.75, 3.05) is 29.1 Å². The number of aliphatic hydroxyl groups is 1. The van der Waals surface area contributed by atoms with Crippen molar-refractivity contribution in [1.82, 2.24) is 4.98 Å². The van der Waals surface area contributed by atoms with Gasteiger partial charge in [-0.3, -0.25) is 14.4 Å². The molecule has 3 aromatic rings. The number of benzene rings is 2. The molecular weight excluding hydrogens is 436 g/mol. The van der Waals surface area contributed by atoms with Crippen molar-refractivity contribution in [3.63, 3.8) is 0 Å². The zero-order valence-electron chi connectivity index (χ0n) is 18.4. The summed E-state index contributed by atoms with van der Waals surface area (Å²) in [5.41, 5.74) is 8.95. The number of nitrogens with one attached hydrogen (secondary N) is 1. The number of fused-ring (bicyclic) bond motifs is 2. The third kappa shape index (κ3) is 4.11. The summed E-state index contributed by atoms with van der Waals surface area (Å²) in [5.74, 6) is -0.704. The van der Waals surface area contributed by atoms with Gasteiger partial charge in [0.1, 0.15) is 11.6 Å². The van der Waals surface area contributed by atoms with Crippen molar-refractivity contribution in [2.45, 2.75) is 31.5 Å². The van der Waals surface area contributed by atoms with Crippen LogP contribution in [0.5, 0.6) is 0 Å². The minimum absolute atomic E-state index is 0.166. The number of nitrogen functional groups attached to an aromatic ring is 1. The Bertz CT molecular complexity index is 1310. The average molecular weight is 460 g/mol. The number of aryl methyl sites for hydroxylation is 1. The van der Waals surface area contributed by atoms with Gasteiger partial charge < -0.3 is 25.8 Å². The molecule has 1 fully saturated rings. The standard InChI is InChI=1S/C25H24N4O5/c26-23-20-6-3-17(11-15(20)7-8-27-23)28-24(32)21(31)22-25(33)29(9-10-34-22)18-4-1-14-2-5-19(30)13-16(14)12-18/h1,3-4,6-8,11-12,21-22,31H,2,5,9-10,13H2,(H2,26,27)(H,28,32)/t21-,22-/m1/s1. The van der Waals surface area contributed by atoms with Crippen molar-refractivity contribution < 1.29 is 24.2 Å². The second-order valence-electron chi connectivity index (χ2n) is 8.52. The Labute approximate surface area is 195 Å². The summed E-state index contributed by atoms with van der Waals surface area (Å²) in [7, 11) is 0. The van der Waals surface area contributed by atoms with E-state index in [0.29, 0.717) is 36.5 Å². The van der Waals surface area contributed by atoms with Crippen LogP contribution < -0.4 is 16.0 Å². The van der Waals surface area contributed by atoms with Gasteiger partial charge in [0.05, 0.1) is 6.61 Å². The van der Waals surface area contributed by atoms with Crippen LogP contribution in [-0.4, -0.2) is 53.0 Å². The highest BCUT2D eigenvalue weighted by Gasteiger charge is 2.39. The fourth-order valence-electron chi connectivity index (χ4n) is 4.48. The van der Waals surface area contributed by atoms with Gasteiger partial charge in [0.15, 0.2) is 12.2 Å². The van der Waals surface area contributed by atoms with E-state index in [2.05, 4.69) is 10.3 Å². The molecule has 0 spiro atoms. The fourth-order valence-corrected chi connectivity index (χ4v) is 4.48. The summed E-state index contributed by atoms with van der Waals surface area (Å²) in [6.45, 7) is 0.454. The van der Waals surface area contributed by atoms with Gasteiger partial charge in [0.25, 0.3) is 11.8 Å². The Morgan fingerprint density at radius 2 is 2.00 bits per heavy atom. The van der Waals surface area contributed by atoms with Gasteiger partial charge >= 0.3 is 0 Å². The molecule has 1 saturated heterocycles. The van der Waals surface area contributed by atoms with Crippen LogP contribution in [0.15, 0.2) is 48.7 Å². The second kappa shape index (κ2) is 8.85. The predicted octanol–water partition coefficient (Wildman–Crippen LogP) is 1.61. The van der Waals surface area contributed by atoms with Gasteiger partial charge in [-0.1, -0.05) is 6.07 Å². The van der Waals surface area contributed by atoms with E-state index in [-0.39, 0.29) is 18.9 Å². The maximum Gasteiger partial charge on any atom is 0.259 e. The maximum absolute atomic E-state index is 13.1. The van der Waals surface area contributed by atoms with Gasteiger partial charge in [-0.2, -0.15) is 0 Å². The molecule has 2 aromatic carbocycles. The lowest BCUT2D eigenvalue weighted by Gasteiger charge is -2.34. The molecule has 0 saturated carbocycles. The molecule has 2 amide bonds. The SMILES string of the molecule is Nc1nccc2cc(NC(=O)[C@H](O)[C@H]3OCCN(c4ccc5c(c4)CC(=O)CC5)C3=O)ccc12. The summed E-state index contributed by atoms with van der Waals surface area (Å²) >= 11 is 0. The number of Topliss-reactive ketones (excluding diaryl/α,β-unsaturated/α-hetero) is 1. The molecule has 34 heavy (non-hydrogen) atoms. The van der Waals surface area contributed by atoms with Gasteiger partial charge in [-0.05, 0) is 59.3 Å². The molecule has 0 radical (unpaired) electrons. The van der Waals surface area contributed by atoms with Crippen LogP contribution in [0.4, 0.5) is 17.2 Å². The predicted molar refractivity (Wildman–Crippen MR) is 126 cm³/mol. The first-order chi connectivity index (χ1) is 16.4. The van der Waals surface area contributed by atoms with Crippen molar-refractivity contribution in [3.05, 3.63) is 59.8 Å². The monoisotopic (exact) mass is 460 g/mol. The number of nitrogens with two attached hydrogens (primary N) is 1. The van der Waals surface area contributed by atoms with Crippen LogP contribution in [-0.2, 0) is 32.0 Å². The van der Waals surface area contributed by atoms with Crippen LogP contribution in [0.25, 0.3) is 10.8 Å². The molecule has 5 rings (SSSR count). The number of amides is 2. The number of anilines is 3. The summed E-state index contributed by atoms with van der Waals surface area (Å²) in [5, 5.41) is 14.8. The average Bonchev–Trinajstić information content (AvgIpc) is 2.83. The Morgan fingerprint density at radius 1 is 1.15 bits per heavy atom. The first-order valence-electron chi connectivity index (χ1n) is 11.1. The third-order valence-corrected chi connectivity index (χ3v) is 6.30. The minimum Gasteiger partial charge on any atom is -0.383 e. The van der Waals surface area contributed by atoms with E-state index in [4.69, 9.17) is 10.5 Å². The van der Waals surface area contributed by atoms with Crippen LogP contribution in [0.1, 0.15) is 17.5 Å². The number of ether oxygens (including phenoxy) is 1. The summed E-state index contributed by atoms with van der Waals surface area (Å²) in [4.78, 5) is 43.3. The molecule has 0 unspecified atom stereocenters. The van der Waals surface area contributed by atoms with Crippen LogP contribution in [0, 0.1) is 0 Å². The lowest BCUT2D eigenvalue weighted by Crippen LogP contribution is -2.55. The highest BCUT2D eigenvalue weighted by Crippen LogP contribution is 2.28. The third-order valence-electron chi connectivity index (χ3n) is 6.30. The summed E-state index contributed by atoms with van der Waals surface area (Å²) < 4.78 is 5.50. The minimum atomic E-state index is -1.70. The van der Waals surface area contributed by atoms with E-state index >= 15 is 0 Å². The second-order valence-corrected chi connectivity index (χ2v) is 8.52. The molecular formula is C25H24N4O5. The van der Waals surface area contributed by atoms with Crippen molar-refractivity contribution in [1.29, 1.82) is 0 Å². The lowest BCUT2D eigenvalue weighted by molar-refractivity contribution is -0.150. The number of hydrogen-bond acceptors (Lipinski definition) is 7. The molecule has 0 bridgehead atoms. The number of morpholine rings is 1. The molecule has 1 aliphatic carbocycles. The van der Waals surface area contributed by atoms with E-state index in [1.807, 2.05) is 18.2 Å². The molecule has 174 valence electrons. The number of rotatable bonds is 4. The van der Waals surface area contributed by atoms with Crippen molar-refractivity contribution in [2.24, 2.45) is 0 Å². The van der Waals surface area contributed by atoms with E-state index in [1.165, 1.54) is 4.90 Å². The largest absolute Gasteiger partial charge is 0.383 e. The number of carbonyl (C=O) groups is 3. The number of ketones is 1. The van der Waals surface area contributed by atoms with E-state index in [1.54, 1.807) is 30.5 Å². The molecule has 9 nitrogen and oxygen atoms in total. The Hall–Kier alpha value is -3.82. The highest BCUT2D eigenvalue weighted by atomic mass is 16.5. The molecule has 2 heterocycles. The number of aliphatic hydroxyl groups excluding tert-OH is 1. The van der Waals surface area contributed by atoms with Gasteiger partial charge in [0, 0.05) is 42.3 Å². The number of pyridine rings is 1. The first-order valence-corrected chi connectivity index (χ1v) is 11.1. The number of carbonyl (C=O) groups excluding carboxylic acids is 3. The van der Waals surface area contributed by atoms with E-state index in [9.17, 15) is 19.5 Å². The Kier molecular flexibility index (Phi) is 5.72. The molecule has 2 atom stereocenters. The topological polar surface area (TPSA) is 135 Å². The highest BCUT2D eigenvalue weighted by molar-refractivity contribution is 6.04. The normalized spacial score (nSPS) is 19.1. The first kappa shape index (κ1) is 22.0. The maximum atomic E-state index is 13.1. The zero-order chi connectivity index (χ0) is 23.8. The zero-order valence-corrected chi connectivity index (χ0v) is 18.4. The van der Waals surface area contributed by atoms with Crippen molar-refractivity contribution >= 4 is 45.6 Å². The van der Waals surface area contributed by atoms with E-state index < -0.39 is 24.0 Å². The van der Waals surface area contributed by atoms with Gasteiger partial charge in [0.2, 0.25) is 0 Å². The van der Waals surface area contributed by atoms with Crippen molar-refractivity contribution in [3.8, 4) is 0 Å². The molecule has 1 aromatic heterocycles. The van der Waals surface area contributed by atoms with E-state index in [0.717, 1.165) is 21.9 Å². The van der Waals surface area contributed by atoms with Crippen LogP contribution >= 0.6 is 0 Å². The Morgan fingerprint density at radius 3 is 2.85 bits per heavy atom. The van der Waals surface area contributed by atoms with Gasteiger partial charge in [-0.15, -0.1) is 0 Å². The quantitative estimate of drug-likeness (QED) is 0.538. The fraction of sp³-hybridized carbons (Fsp3) is 0.280.